The number of nitrogens with one attached hydrogen (secondary N) is 2. The third kappa shape index (κ3) is 4.52. The summed E-state index contributed by atoms with van der Waals surface area (Å²) in [4.78, 5) is 30.5. The van der Waals surface area contributed by atoms with E-state index >= 15 is 0 Å². The number of anilines is 1. The second-order valence-corrected chi connectivity index (χ2v) is 9.19. The Bertz CT molecular complexity index is 935. The summed E-state index contributed by atoms with van der Waals surface area (Å²) in [6.07, 6.45) is 2.73. The van der Waals surface area contributed by atoms with Crippen LogP contribution in [0.3, 0.4) is 0 Å². The molecule has 0 fully saturated rings. The highest BCUT2D eigenvalue weighted by Gasteiger charge is 2.29. The Hall–Kier alpha value is -2.63. The zero-order valence-electron chi connectivity index (χ0n) is 18.3. The predicted octanol–water partition coefficient (Wildman–Crippen LogP) is 4.43. The fourth-order valence-corrected chi connectivity index (χ4v) is 3.81. The molecule has 0 atom stereocenters. The number of carbonyl (C=O) groups is 2. The van der Waals surface area contributed by atoms with E-state index in [0.717, 1.165) is 41.8 Å². The van der Waals surface area contributed by atoms with Crippen LogP contribution in [0.25, 0.3) is 0 Å². The normalized spacial score (nSPS) is 13.9. The molecule has 6 nitrogen and oxygen atoms in total. The third-order valence-corrected chi connectivity index (χ3v) is 5.19. The van der Waals surface area contributed by atoms with E-state index in [2.05, 4.69) is 29.5 Å². The number of hydrogen-bond acceptors (Lipinski definition) is 3. The van der Waals surface area contributed by atoms with Gasteiger partial charge in [0.15, 0.2) is 5.82 Å². The number of para-hydroxylation sites is 1. The molecule has 2 heterocycles. The van der Waals surface area contributed by atoms with Gasteiger partial charge in [-0.2, -0.15) is 0 Å². The van der Waals surface area contributed by atoms with Crippen molar-refractivity contribution in [3.63, 3.8) is 0 Å². The Kier molecular flexibility index (Phi) is 5.82. The molecular formula is C23H32N4O2. The molecule has 0 saturated carbocycles. The van der Waals surface area contributed by atoms with E-state index < -0.39 is 0 Å². The Morgan fingerprint density at radius 1 is 1.14 bits per heavy atom. The molecule has 0 unspecified atom stereocenters. The van der Waals surface area contributed by atoms with Crippen molar-refractivity contribution in [2.75, 3.05) is 5.32 Å². The van der Waals surface area contributed by atoms with Gasteiger partial charge in [0.05, 0.1) is 5.69 Å². The number of imidazole rings is 1. The molecule has 0 radical (unpaired) electrons. The lowest BCUT2D eigenvalue weighted by Crippen LogP contribution is -2.41. The van der Waals surface area contributed by atoms with E-state index in [1.54, 1.807) is 0 Å². The summed E-state index contributed by atoms with van der Waals surface area (Å²) in [7, 11) is 0. The first kappa shape index (κ1) is 21.1. The average molecular weight is 397 g/mol. The minimum absolute atomic E-state index is 0.221. The highest BCUT2D eigenvalue weighted by molar-refractivity contribution is 6.04. The minimum Gasteiger partial charge on any atom is -0.346 e. The molecular weight excluding hydrogens is 364 g/mol. The van der Waals surface area contributed by atoms with Gasteiger partial charge in [-0.3, -0.25) is 9.59 Å². The van der Waals surface area contributed by atoms with Crippen molar-refractivity contribution >= 4 is 17.5 Å². The first-order chi connectivity index (χ1) is 13.6. The summed E-state index contributed by atoms with van der Waals surface area (Å²) in [6, 6.07) is 6.04. The SMILES string of the molecule is Cc1cccc(C(C)C)c1NC(=O)c1nc(C(=O)NC(C)(C)C)c2n1CCCC2. The van der Waals surface area contributed by atoms with Crippen molar-refractivity contribution in [3.05, 3.63) is 46.5 Å². The fourth-order valence-electron chi connectivity index (χ4n) is 3.81. The quantitative estimate of drug-likeness (QED) is 0.803. The van der Waals surface area contributed by atoms with Gasteiger partial charge < -0.3 is 15.2 Å². The predicted molar refractivity (Wildman–Crippen MR) is 116 cm³/mol. The van der Waals surface area contributed by atoms with Gasteiger partial charge in [0.1, 0.15) is 5.69 Å². The van der Waals surface area contributed by atoms with Crippen LogP contribution in [0, 0.1) is 6.92 Å². The van der Waals surface area contributed by atoms with E-state index in [1.807, 2.05) is 50.5 Å². The molecule has 29 heavy (non-hydrogen) atoms. The lowest BCUT2D eigenvalue weighted by Gasteiger charge is -2.21. The summed E-state index contributed by atoms with van der Waals surface area (Å²) in [5.41, 5.74) is 3.81. The maximum absolute atomic E-state index is 13.2. The van der Waals surface area contributed by atoms with Crippen molar-refractivity contribution in [3.8, 4) is 0 Å². The fraction of sp³-hybridized carbons (Fsp3) is 0.522. The lowest BCUT2D eigenvalue weighted by atomic mass is 9.98. The highest BCUT2D eigenvalue weighted by Crippen LogP contribution is 2.28. The molecule has 2 N–H and O–H groups in total. The average Bonchev–Trinajstić information content (AvgIpc) is 3.01. The Labute approximate surface area is 173 Å². The Morgan fingerprint density at radius 2 is 1.86 bits per heavy atom. The van der Waals surface area contributed by atoms with E-state index in [1.165, 1.54) is 0 Å². The summed E-state index contributed by atoms with van der Waals surface area (Å²) < 4.78 is 1.92. The lowest BCUT2D eigenvalue weighted by molar-refractivity contribution is 0.0913. The molecule has 1 aliphatic rings. The molecule has 1 aromatic carbocycles. The van der Waals surface area contributed by atoms with E-state index in [9.17, 15) is 9.59 Å². The molecule has 3 rings (SSSR count). The second-order valence-electron chi connectivity index (χ2n) is 9.19. The first-order valence-electron chi connectivity index (χ1n) is 10.4. The van der Waals surface area contributed by atoms with Crippen LogP contribution in [0.5, 0.6) is 0 Å². The highest BCUT2D eigenvalue weighted by atomic mass is 16.2. The molecule has 2 amide bonds. The Balaban J connectivity index is 1.98. The molecule has 156 valence electrons. The van der Waals surface area contributed by atoms with Crippen molar-refractivity contribution in [1.82, 2.24) is 14.9 Å². The molecule has 1 aromatic heterocycles. The molecule has 0 saturated heterocycles. The van der Waals surface area contributed by atoms with Crippen molar-refractivity contribution < 1.29 is 9.59 Å². The number of nitrogens with zero attached hydrogens (tertiary/aromatic N) is 2. The van der Waals surface area contributed by atoms with Crippen LogP contribution < -0.4 is 10.6 Å². The number of carbonyl (C=O) groups excluding carboxylic acids is 2. The van der Waals surface area contributed by atoms with Gasteiger partial charge in [-0.15, -0.1) is 0 Å². The number of hydrogen-bond donors (Lipinski definition) is 2. The number of amides is 2. The van der Waals surface area contributed by atoms with Crippen molar-refractivity contribution in [2.45, 2.75) is 78.8 Å². The second kappa shape index (κ2) is 8.01. The molecule has 0 aliphatic carbocycles. The summed E-state index contributed by atoms with van der Waals surface area (Å²) in [6.45, 7) is 12.7. The van der Waals surface area contributed by atoms with Gasteiger partial charge in [-0.1, -0.05) is 32.0 Å². The minimum atomic E-state index is -0.363. The zero-order valence-corrected chi connectivity index (χ0v) is 18.3. The monoisotopic (exact) mass is 396 g/mol. The van der Waals surface area contributed by atoms with E-state index in [-0.39, 0.29) is 23.3 Å². The number of aryl methyl sites for hydroxylation is 1. The van der Waals surface area contributed by atoms with Crippen LogP contribution in [0.2, 0.25) is 0 Å². The van der Waals surface area contributed by atoms with Crippen LogP contribution in [-0.4, -0.2) is 26.9 Å². The molecule has 6 heteroatoms. The number of fused-ring (bicyclic) bond motifs is 1. The van der Waals surface area contributed by atoms with Crippen molar-refractivity contribution in [2.24, 2.45) is 0 Å². The first-order valence-corrected chi connectivity index (χ1v) is 10.4. The van der Waals surface area contributed by atoms with E-state index in [0.29, 0.717) is 18.1 Å². The molecule has 1 aliphatic heterocycles. The maximum Gasteiger partial charge on any atom is 0.291 e. The summed E-state index contributed by atoms with van der Waals surface area (Å²) >= 11 is 0. The number of aromatic nitrogens is 2. The van der Waals surface area contributed by atoms with E-state index in [4.69, 9.17) is 0 Å². The molecule has 0 spiro atoms. The largest absolute Gasteiger partial charge is 0.346 e. The van der Waals surface area contributed by atoms with Crippen LogP contribution >= 0.6 is 0 Å². The topological polar surface area (TPSA) is 76.0 Å². The van der Waals surface area contributed by atoms with Crippen LogP contribution in [0.1, 0.15) is 91.3 Å². The van der Waals surface area contributed by atoms with Crippen LogP contribution in [0.15, 0.2) is 18.2 Å². The summed E-state index contributed by atoms with van der Waals surface area (Å²) in [5.74, 6) is 0.115. The smallest absolute Gasteiger partial charge is 0.291 e. The zero-order chi connectivity index (χ0) is 21.3. The summed E-state index contributed by atoms with van der Waals surface area (Å²) in [5, 5.41) is 6.05. The van der Waals surface area contributed by atoms with Gasteiger partial charge >= 0.3 is 0 Å². The number of rotatable bonds is 4. The third-order valence-electron chi connectivity index (χ3n) is 5.19. The Morgan fingerprint density at radius 3 is 2.52 bits per heavy atom. The van der Waals surface area contributed by atoms with Gasteiger partial charge in [0, 0.05) is 17.8 Å². The molecule has 2 aromatic rings. The van der Waals surface area contributed by atoms with Gasteiger partial charge in [0.2, 0.25) is 0 Å². The van der Waals surface area contributed by atoms with Gasteiger partial charge in [0.25, 0.3) is 11.8 Å². The van der Waals surface area contributed by atoms with Crippen LogP contribution in [0.4, 0.5) is 5.69 Å². The maximum atomic E-state index is 13.2. The van der Waals surface area contributed by atoms with Crippen molar-refractivity contribution in [1.29, 1.82) is 0 Å². The van der Waals surface area contributed by atoms with Gasteiger partial charge in [-0.25, -0.2) is 4.98 Å². The van der Waals surface area contributed by atoms with Crippen LogP contribution in [-0.2, 0) is 13.0 Å². The molecule has 0 bridgehead atoms. The standard InChI is InChI=1S/C23H32N4O2/c1-14(2)16-11-9-10-15(3)18(16)25-22(29)20-24-19(21(28)26-23(4,5)6)17-12-7-8-13-27(17)20/h9-11,14H,7-8,12-13H2,1-6H3,(H,25,29)(H,26,28). The van der Waals surface area contributed by atoms with Gasteiger partial charge in [-0.05, 0) is 64.0 Å². The number of benzene rings is 1.